The lowest BCUT2D eigenvalue weighted by atomic mass is 9.99. The van der Waals surface area contributed by atoms with Gasteiger partial charge in [0.15, 0.2) is 6.29 Å². The monoisotopic (exact) mass is 1260 g/mol. The van der Waals surface area contributed by atoms with Crippen molar-refractivity contribution in [2.45, 2.75) is 416 Å². The minimum absolute atomic E-state index is 0.0142. The van der Waals surface area contributed by atoms with Crippen molar-refractivity contribution in [3.05, 3.63) is 48.6 Å². The smallest absolute Gasteiger partial charge is 0.305 e. The van der Waals surface area contributed by atoms with Gasteiger partial charge in [-0.15, -0.1) is 0 Å². The summed E-state index contributed by atoms with van der Waals surface area (Å²) >= 11 is 0. The van der Waals surface area contributed by atoms with Crippen LogP contribution in [-0.4, -0.2) is 100 Å². The highest BCUT2D eigenvalue weighted by molar-refractivity contribution is 5.76. The summed E-state index contributed by atoms with van der Waals surface area (Å²) in [7, 11) is 0. The van der Waals surface area contributed by atoms with Crippen LogP contribution in [0.4, 0.5) is 0 Å². The van der Waals surface area contributed by atoms with Crippen LogP contribution in [-0.2, 0) is 23.8 Å². The zero-order valence-electron chi connectivity index (χ0n) is 58.2. The molecule has 0 aromatic heterocycles. The van der Waals surface area contributed by atoms with E-state index in [1.165, 1.54) is 289 Å². The first-order chi connectivity index (χ1) is 43.7. The molecule has 0 aromatic rings. The van der Waals surface area contributed by atoms with Gasteiger partial charge in [0.25, 0.3) is 0 Å². The van der Waals surface area contributed by atoms with Crippen molar-refractivity contribution < 1.29 is 49.3 Å². The molecule has 7 atom stereocenters. The minimum atomic E-state index is -1.57. The number of carbonyl (C=O) groups excluding carboxylic acids is 2. The van der Waals surface area contributed by atoms with Gasteiger partial charge in [-0.1, -0.05) is 332 Å². The van der Waals surface area contributed by atoms with E-state index in [1.807, 2.05) is 6.08 Å². The van der Waals surface area contributed by atoms with Crippen molar-refractivity contribution in [2.24, 2.45) is 0 Å². The third-order valence-electron chi connectivity index (χ3n) is 18.2. The second-order valence-electron chi connectivity index (χ2n) is 26.7. The lowest BCUT2D eigenvalue weighted by Gasteiger charge is -2.40. The van der Waals surface area contributed by atoms with E-state index in [-0.39, 0.29) is 18.5 Å². The van der Waals surface area contributed by atoms with Gasteiger partial charge < -0.3 is 45.1 Å². The summed E-state index contributed by atoms with van der Waals surface area (Å²) in [4.78, 5) is 25.1. The molecule has 1 rings (SSSR count). The number of nitrogens with one attached hydrogen (secondary N) is 1. The molecule has 0 saturated carbocycles. The molecule has 1 aliphatic rings. The van der Waals surface area contributed by atoms with E-state index in [1.54, 1.807) is 6.08 Å². The highest BCUT2D eigenvalue weighted by Gasteiger charge is 2.44. The molecular formula is C78H145NO10. The summed E-state index contributed by atoms with van der Waals surface area (Å²) in [5.74, 6) is -0.177. The Morgan fingerprint density at radius 1 is 0.416 bits per heavy atom. The van der Waals surface area contributed by atoms with Gasteiger partial charge in [0.2, 0.25) is 5.91 Å². The molecular weight excluding hydrogens is 1110 g/mol. The van der Waals surface area contributed by atoms with E-state index >= 15 is 0 Å². The Morgan fingerprint density at radius 2 is 0.764 bits per heavy atom. The molecule has 0 spiro atoms. The highest BCUT2D eigenvalue weighted by atomic mass is 16.7. The van der Waals surface area contributed by atoms with Gasteiger partial charge in [-0.25, -0.2) is 0 Å². The molecule has 89 heavy (non-hydrogen) atoms. The number of carbonyl (C=O) groups is 2. The highest BCUT2D eigenvalue weighted by Crippen LogP contribution is 2.24. The number of aliphatic hydroxyl groups excluding tert-OH is 5. The number of rotatable bonds is 68. The van der Waals surface area contributed by atoms with Crippen LogP contribution in [0, 0.1) is 0 Å². The van der Waals surface area contributed by atoms with E-state index in [4.69, 9.17) is 14.2 Å². The molecule has 1 amide bonds. The Bertz CT molecular complexity index is 1620. The number of esters is 1. The lowest BCUT2D eigenvalue weighted by molar-refractivity contribution is -0.302. The summed E-state index contributed by atoms with van der Waals surface area (Å²) < 4.78 is 16.7. The van der Waals surface area contributed by atoms with E-state index in [0.29, 0.717) is 19.4 Å². The number of amides is 1. The molecule has 0 aliphatic carbocycles. The molecule has 6 N–H and O–H groups in total. The Balaban J connectivity index is 1.88. The SMILES string of the molecule is CCCCC/C=C/CC/C=C/C(O)C(COC1OC(CO)C(O)C(O)C1O)NC(=O)CCCCCCCCCCCCCCCCCCC/C=C\C/C=C\CCCCCCCCCCCCCOC(=O)CCCCCCCCCCCCCCCCCCC. The van der Waals surface area contributed by atoms with Gasteiger partial charge >= 0.3 is 5.97 Å². The summed E-state index contributed by atoms with van der Waals surface area (Å²) in [6, 6.07) is -0.825. The van der Waals surface area contributed by atoms with E-state index in [9.17, 15) is 35.1 Å². The van der Waals surface area contributed by atoms with Crippen LogP contribution < -0.4 is 5.32 Å². The maximum absolute atomic E-state index is 13.0. The number of hydrogen-bond donors (Lipinski definition) is 6. The second kappa shape index (κ2) is 67.1. The Morgan fingerprint density at radius 3 is 1.20 bits per heavy atom. The largest absolute Gasteiger partial charge is 0.466 e. The molecule has 11 nitrogen and oxygen atoms in total. The van der Waals surface area contributed by atoms with E-state index in [0.717, 1.165) is 57.8 Å². The lowest BCUT2D eigenvalue weighted by Crippen LogP contribution is -2.60. The van der Waals surface area contributed by atoms with Gasteiger partial charge in [0.1, 0.15) is 24.4 Å². The standard InChI is InChI=1S/C78H145NO10/c1-3-5-7-9-11-13-14-15-16-36-40-43-46-50-54-58-62-66-74(83)87-67-63-59-55-51-47-44-41-38-35-33-31-29-27-25-23-21-19-17-18-20-22-24-26-28-30-32-34-37-39-42-45-49-53-57-61-65-73(82)79-70(71(81)64-60-56-52-48-12-10-8-6-4-2)69-88-78-77(86)76(85)75(84)72(68-80)89-78/h12,19,21,25,27,48,60,64,70-72,75-78,80-81,84-86H,3-11,13-18,20,22-24,26,28-47,49-59,61-63,65-69H2,1-2H3,(H,79,82)/b21-19-,27-25-,48-12+,64-60+. The molecule has 0 aromatic carbocycles. The van der Waals surface area contributed by atoms with Crippen LogP contribution in [0.2, 0.25) is 0 Å². The van der Waals surface area contributed by atoms with Crippen LogP contribution in [0.3, 0.4) is 0 Å². The zero-order chi connectivity index (χ0) is 64.4. The zero-order valence-corrected chi connectivity index (χ0v) is 58.2. The first-order valence-electron chi connectivity index (χ1n) is 38.4. The number of allylic oxidation sites excluding steroid dienone is 7. The molecule has 7 unspecified atom stereocenters. The van der Waals surface area contributed by atoms with Crippen LogP contribution in [0.1, 0.15) is 373 Å². The fourth-order valence-electron chi connectivity index (χ4n) is 12.1. The van der Waals surface area contributed by atoms with Crippen molar-refractivity contribution in [3.8, 4) is 0 Å². The van der Waals surface area contributed by atoms with Gasteiger partial charge in [-0.2, -0.15) is 0 Å². The number of unbranched alkanes of at least 4 members (excludes halogenated alkanes) is 48. The predicted octanol–water partition coefficient (Wildman–Crippen LogP) is 20.3. The number of aliphatic hydroxyl groups is 5. The third-order valence-corrected chi connectivity index (χ3v) is 18.2. The second-order valence-corrected chi connectivity index (χ2v) is 26.7. The van der Waals surface area contributed by atoms with Gasteiger partial charge in [0.05, 0.1) is 32.0 Å². The molecule has 0 bridgehead atoms. The third kappa shape index (κ3) is 55.8. The number of ether oxygens (including phenoxy) is 3. The molecule has 1 aliphatic heterocycles. The molecule has 0 radical (unpaired) electrons. The van der Waals surface area contributed by atoms with Gasteiger partial charge in [-0.3, -0.25) is 9.59 Å². The van der Waals surface area contributed by atoms with Crippen molar-refractivity contribution in [1.82, 2.24) is 5.32 Å². The summed E-state index contributed by atoms with van der Waals surface area (Å²) in [5.41, 5.74) is 0. The van der Waals surface area contributed by atoms with Gasteiger partial charge in [-0.05, 0) is 77.0 Å². The predicted molar refractivity (Wildman–Crippen MR) is 375 cm³/mol. The van der Waals surface area contributed by atoms with Crippen molar-refractivity contribution in [2.75, 3.05) is 19.8 Å². The maximum atomic E-state index is 13.0. The number of hydrogen-bond acceptors (Lipinski definition) is 10. The van der Waals surface area contributed by atoms with Gasteiger partial charge in [0, 0.05) is 12.8 Å². The summed E-state index contributed by atoms with van der Waals surface area (Å²) in [6.45, 7) is 4.32. The maximum Gasteiger partial charge on any atom is 0.305 e. The molecule has 1 fully saturated rings. The summed E-state index contributed by atoms with van der Waals surface area (Å²) in [5, 5.41) is 54.3. The van der Waals surface area contributed by atoms with Crippen LogP contribution >= 0.6 is 0 Å². The Hall–Kier alpha value is -2.38. The van der Waals surface area contributed by atoms with E-state index < -0.39 is 49.5 Å². The minimum Gasteiger partial charge on any atom is -0.466 e. The van der Waals surface area contributed by atoms with Crippen molar-refractivity contribution in [3.63, 3.8) is 0 Å². The average molecular weight is 1260 g/mol. The molecule has 1 saturated heterocycles. The Labute approximate surface area is 548 Å². The van der Waals surface area contributed by atoms with Crippen LogP contribution in [0.15, 0.2) is 48.6 Å². The van der Waals surface area contributed by atoms with Crippen molar-refractivity contribution in [1.29, 1.82) is 0 Å². The average Bonchev–Trinajstić information content (AvgIpc) is 1.92. The quantitative estimate of drug-likeness (QED) is 0.0195. The molecule has 522 valence electrons. The van der Waals surface area contributed by atoms with Crippen LogP contribution in [0.25, 0.3) is 0 Å². The summed E-state index contributed by atoms with van der Waals surface area (Å²) in [6.07, 6.45) is 78.7. The topological polar surface area (TPSA) is 175 Å². The first kappa shape index (κ1) is 84.6. The Kier molecular flexibility index (Phi) is 63.8. The molecule has 1 heterocycles. The fourth-order valence-corrected chi connectivity index (χ4v) is 12.1. The van der Waals surface area contributed by atoms with Crippen molar-refractivity contribution >= 4 is 11.9 Å². The normalized spacial score (nSPS) is 17.9. The molecule has 11 heteroatoms. The van der Waals surface area contributed by atoms with Crippen LogP contribution in [0.5, 0.6) is 0 Å². The fraction of sp³-hybridized carbons (Fsp3) is 0.872. The first-order valence-corrected chi connectivity index (χ1v) is 38.4. The van der Waals surface area contributed by atoms with E-state index in [2.05, 4.69) is 55.6 Å².